The fourth-order valence-electron chi connectivity index (χ4n) is 3.29. The third kappa shape index (κ3) is 3.96. The Morgan fingerprint density at radius 2 is 1.92 bits per heavy atom. The Bertz CT molecular complexity index is 678. The molecule has 0 atom stereocenters. The molecule has 6 nitrogen and oxygen atoms in total. The van der Waals surface area contributed by atoms with Crippen LogP contribution >= 0.6 is 0 Å². The van der Waals surface area contributed by atoms with Gasteiger partial charge in [0.05, 0.1) is 18.1 Å². The molecule has 1 saturated heterocycles. The van der Waals surface area contributed by atoms with Gasteiger partial charge in [0.1, 0.15) is 0 Å². The molecule has 3 rings (SSSR count). The summed E-state index contributed by atoms with van der Waals surface area (Å²) in [5.74, 6) is 0.343. The number of benzene rings is 1. The van der Waals surface area contributed by atoms with Crippen molar-refractivity contribution in [2.45, 2.75) is 30.6 Å². The molecule has 1 heterocycles. The van der Waals surface area contributed by atoms with E-state index in [0.29, 0.717) is 44.3 Å². The van der Waals surface area contributed by atoms with Crippen molar-refractivity contribution in [1.82, 2.24) is 9.62 Å². The van der Waals surface area contributed by atoms with Gasteiger partial charge in [-0.25, -0.2) is 8.42 Å². The van der Waals surface area contributed by atoms with Crippen molar-refractivity contribution in [3.8, 4) is 0 Å². The zero-order valence-corrected chi connectivity index (χ0v) is 14.6. The van der Waals surface area contributed by atoms with Gasteiger partial charge in [0.15, 0.2) is 0 Å². The molecule has 0 radical (unpaired) electrons. The van der Waals surface area contributed by atoms with Crippen LogP contribution in [0.2, 0.25) is 0 Å². The van der Waals surface area contributed by atoms with Crippen LogP contribution in [0.1, 0.15) is 36.0 Å². The van der Waals surface area contributed by atoms with Gasteiger partial charge in [-0.05, 0) is 37.0 Å². The van der Waals surface area contributed by atoms with E-state index in [-0.39, 0.29) is 10.8 Å². The zero-order valence-electron chi connectivity index (χ0n) is 13.7. The topological polar surface area (TPSA) is 75.7 Å². The first-order valence-corrected chi connectivity index (χ1v) is 9.97. The minimum Gasteiger partial charge on any atom is -0.379 e. The molecule has 1 aliphatic heterocycles. The Morgan fingerprint density at radius 1 is 1.21 bits per heavy atom. The highest BCUT2D eigenvalue weighted by atomic mass is 32.2. The van der Waals surface area contributed by atoms with Crippen molar-refractivity contribution >= 4 is 15.9 Å². The maximum absolute atomic E-state index is 12.7. The molecule has 1 aliphatic carbocycles. The van der Waals surface area contributed by atoms with Gasteiger partial charge in [0.25, 0.3) is 5.91 Å². The second kappa shape index (κ2) is 7.63. The molecule has 1 N–H and O–H groups in total. The van der Waals surface area contributed by atoms with Crippen LogP contribution in [0.25, 0.3) is 0 Å². The summed E-state index contributed by atoms with van der Waals surface area (Å²) in [6.07, 6.45) is 4.78. The second-order valence-electron chi connectivity index (χ2n) is 6.40. The van der Waals surface area contributed by atoms with E-state index in [4.69, 9.17) is 4.74 Å². The number of nitrogens with zero attached hydrogens (tertiary/aromatic N) is 1. The molecule has 0 unspecified atom stereocenters. The van der Waals surface area contributed by atoms with Crippen molar-refractivity contribution in [1.29, 1.82) is 0 Å². The summed E-state index contributed by atoms with van der Waals surface area (Å²) in [5.41, 5.74) is 0.391. The first kappa shape index (κ1) is 17.4. The van der Waals surface area contributed by atoms with E-state index < -0.39 is 10.0 Å². The minimum atomic E-state index is -3.58. The molecule has 0 aromatic heterocycles. The Kier molecular flexibility index (Phi) is 5.53. The lowest BCUT2D eigenvalue weighted by molar-refractivity contribution is 0.0730. The lowest BCUT2D eigenvalue weighted by atomic mass is 10.1. The van der Waals surface area contributed by atoms with E-state index in [0.717, 1.165) is 12.8 Å². The molecular weight excluding hydrogens is 328 g/mol. The Hall–Kier alpha value is -1.44. The van der Waals surface area contributed by atoms with Gasteiger partial charge in [0.2, 0.25) is 10.0 Å². The van der Waals surface area contributed by atoms with Crippen molar-refractivity contribution in [2.75, 3.05) is 32.8 Å². The monoisotopic (exact) mass is 352 g/mol. The number of morpholine rings is 1. The van der Waals surface area contributed by atoms with E-state index in [1.807, 2.05) is 0 Å². The molecule has 1 amide bonds. The smallest absolute Gasteiger partial charge is 0.251 e. The summed E-state index contributed by atoms with van der Waals surface area (Å²) < 4.78 is 31.9. The van der Waals surface area contributed by atoms with E-state index in [2.05, 4.69) is 5.32 Å². The van der Waals surface area contributed by atoms with Crippen molar-refractivity contribution < 1.29 is 17.9 Å². The molecule has 132 valence electrons. The first-order chi connectivity index (χ1) is 11.6. The quantitative estimate of drug-likeness (QED) is 0.874. The van der Waals surface area contributed by atoms with E-state index in [1.54, 1.807) is 18.2 Å². The number of amides is 1. The number of hydrogen-bond acceptors (Lipinski definition) is 4. The van der Waals surface area contributed by atoms with Crippen LogP contribution in [0.5, 0.6) is 0 Å². The zero-order chi connectivity index (χ0) is 17.0. The van der Waals surface area contributed by atoms with Crippen LogP contribution in [-0.4, -0.2) is 51.5 Å². The Balaban J connectivity index is 1.69. The van der Waals surface area contributed by atoms with Gasteiger partial charge in [-0.3, -0.25) is 4.79 Å². The van der Waals surface area contributed by atoms with Crippen LogP contribution in [0.4, 0.5) is 0 Å². The van der Waals surface area contributed by atoms with Crippen molar-refractivity contribution in [3.05, 3.63) is 29.8 Å². The highest BCUT2D eigenvalue weighted by Gasteiger charge is 2.27. The van der Waals surface area contributed by atoms with Gasteiger partial charge >= 0.3 is 0 Å². The summed E-state index contributed by atoms with van der Waals surface area (Å²) in [7, 11) is -3.58. The number of sulfonamides is 1. The van der Waals surface area contributed by atoms with Crippen molar-refractivity contribution in [3.63, 3.8) is 0 Å². The van der Waals surface area contributed by atoms with Gasteiger partial charge in [-0.2, -0.15) is 4.31 Å². The standard InChI is InChI=1S/C17H24N2O4S/c20-17(18-13-14-4-1-2-5-14)15-6-3-7-16(12-15)24(21,22)19-8-10-23-11-9-19/h3,6-7,12,14H,1-2,4-5,8-11,13H2,(H,18,20). The molecule has 2 aliphatic rings. The maximum Gasteiger partial charge on any atom is 0.251 e. The molecule has 2 fully saturated rings. The van der Waals surface area contributed by atoms with Crippen LogP contribution in [0.3, 0.4) is 0 Å². The Morgan fingerprint density at radius 3 is 2.62 bits per heavy atom. The molecule has 24 heavy (non-hydrogen) atoms. The molecule has 1 aromatic rings. The maximum atomic E-state index is 12.7. The average Bonchev–Trinajstić information content (AvgIpc) is 3.14. The van der Waals surface area contributed by atoms with Crippen LogP contribution in [-0.2, 0) is 14.8 Å². The average molecular weight is 352 g/mol. The third-order valence-corrected chi connectivity index (χ3v) is 6.62. The lowest BCUT2D eigenvalue weighted by Gasteiger charge is -2.26. The molecule has 1 saturated carbocycles. The SMILES string of the molecule is O=C(NCC1CCCC1)c1cccc(S(=O)(=O)N2CCOCC2)c1. The molecule has 0 spiro atoms. The predicted molar refractivity (Wildman–Crippen MR) is 90.3 cm³/mol. The van der Waals surface area contributed by atoms with Crippen LogP contribution in [0, 0.1) is 5.92 Å². The summed E-state index contributed by atoms with van der Waals surface area (Å²) in [4.78, 5) is 12.5. The Labute approximate surface area is 143 Å². The summed E-state index contributed by atoms with van der Waals surface area (Å²) in [6, 6.07) is 6.29. The number of rotatable bonds is 5. The number of carbonyl (C=O) groups excluding carboxylic acids is 1. The highest BCUT2D eigenvalue weighted by Crippen LogP contribution is 2.24. The van der Waals surface area contributed by atoms with Gasteiger partial charge in [0, 0.05) is 25.2 Å². The minimum absolute atomic E-state index is 0.165. The first-order valence-electron chi connectivity index (χ1n) is 8.53. The molecule has 7 heteroatoms. The molecule has 0 bridgehead atoms. The van der Waals surface area contributed by atoms with Crippen LogP contribution < -0.4 is 5.32 Å². The van der Waals surface area contributed by atoms with E-state index >= 15 is 0 Å². The third-order valence-electron chi connectivity index (χ3n) is 4.73. The van der Waals surface area contributed by atoms with Crippen LogP contribution in [0.15, 0.2) is 29.2 Å². The van der Waals surface area contributed by atoms with E-state index in [9.17, 15) is 13.2 Å². The number of ether oxygens (including phenoxy) is 1. The van der Waals surface area contributed by atoms with Gasteiger partial charge < -0.3 is 10.1 Å². The van der Waals surface area contributed by atoms with Gasteiger partial charge in [-0.1, -0.05) is 18.9 Å². The summed E-state index contributed by atoms with van der Waals surface area (Å²) >= 11 is 0. The van der Waals surface area contributed by atoms with Crippen molar-refractivity contribution in [2.24, 2.45) is 5.92 Å². The fraction of sp³-hybridized carbons (Fsp3) is 0.588. The lowest BCUT2D eigenvalue weighted by Crippen LogP contribution is -2.40. The number of nitrogens with one attached hydrogen (secondary N) is 1. The van der Waals surface area contributed by atoms with E-state index in [1.165, 1.54) is 23.2 Å². The fourth-order valence-corrected chi connectivity index (χ4v) is 4.74. The normalized spacial score (nSPS) is 20.2. The van der Waals surface area contributed by atoms with Gasteiger partial charge in [-0.15, -0.1) is 0 Å². The predicted octanol–water partition coefficient (Wildman–Crippen LogP) is 1.63. The number of hydrogen-bond donors (Lipinski definition) is 1. The largest absolute Gasteiger partial charge is 0.379 e. The summed E-state index contributed by atoms with van der Waals surface area (Å²) in [5, 5.41) is 2.93. The molecular formula is C17H24N2O4S. The number of carbonyl (C=O) groups is 1. The molecule has 1 aromatic carbocycles. The summed E-state index contributed by atoms with van der Waals surface area (Å²) in [6.45, 7) is 2.17. The highest BCUT2D eigenvalue weighted by molar-refractivity contribution is 7.89. The second-order valence-corrected chi connectivity index (χ2v) is 8.34.